The van der Waals surface area contributed by atoms with E-state index in [0.717, 1.165) is 11.8 Å². The molecule has 0 aromatic heterocycles. The van der Waals surface area contributed by atoms with Crippen molar-refractivity contribution in [2.75, 3.05) is 13.1 Å². The van der Waals surface area contributed by atoms with Crippen LogP contribution in [0.3, 0.4) is 0 Å². The van der Waals surface area contributed by atoms with Crippen LogP contribution in [0.1, 0.15) is 66.2 Å². The Balaban J connectivity index is 0.000000274. The summed E-state index contributed by atoms with van der Waals surface area (Å²) in [5, 5.41) is 3.51. The minimum absolute atomic E-state index is 0.849. The molecule has 0 spiro atoms. The van der Waals surface area contributed by atoms with Crippen LogP contribution in [0.5, 0.6) is 0 Å². The molecule has 0 saturated heterocycles. The summed E-state index contributed by atoms with van der Waals surface area (Å²) >= 11 is 0. The van der Waals surface area contributed by atoms with E-state index < -0.39 is 0 Å². The Hall–Kier alpha value is -1.60. The molecule has 2 atom stereocenters. The van der Waals surface area contributed by atoms with Crippen LogP contribution in [-0.2, 0) is 0 Å². The summed E-state index contributed by atoms with van der Waals surface area (Å²) in [5.41, 5.74) is 2.55. The first-order valence-electron chi connectivity index (χ1n) is 11.0. The van der Waals surface area contributed by atoms with Gasteiger partial charge in [0.15, 0.2) is 0 Å². The van der Waals surface area contributed by atoms with E-state index in [0.29, 0.717) is 0 Å². The van der Waals surface area contributed by atoms with Gasteiger partial charge in [-0.1, -0.05) is 114 Å². The molecule has 0 aliphatic rings. The van der Waals surface area contributed by atoms with E-state index in [-0.39, 0.29) is 0 Å². The Morgan fingerprint density at radius 3 is 1.70 bits per heavy atom. The van der Waals surface area contributed by atoms with Gasteiger partial charge in [-0.05, 0) is 48.9 Å². The number of hydrogen-bond acceptors (Lipinski definition) is 1. The van der Waals surface area contributed by atoms with Crippen molar-refractivity contribution in [3.8, 4) is 11.1 Å². The van der Waals surface area contributed by atoms with Crippen LogP contribution >= 0.6 is 0 Å². The van der Waals surface area contributed by atoms with Crippen molar-refractivity contribution in [3.05, 3.63) is 60.7 Å². The average Bonchev–Trinajstić information content (AvgIpc) is 2.73. The molecule has 2 aromatic rings. The average molecular weight is 368 g/mol. The Bertz CT molecular complexity index is 511. The molecule has 0 aliphatic carbocycles. The molecule has 2 aromatic carbocycles. The van der Waals surface area contributed by atoms with Gasteiger partial charge < -0.3 is 5.32 Å². The first-order valence-corrected chi connectivity index (χ1v) is 11.0. The standard InChI is InChI=1S/C14H31N.C12H10/c1-5-8-14(7-3)10-9-13(4)12-15-11-6-2;1-3-7-11(8-4-1)12-9-5-2-6-10-12/h13-15H,5-12H2,1-4H3;1-10H. The predicted octanol–water partition coefficient (Wildman–Crippen LogP) is 7.58. The van der Waals surface area contributed by atoms with E-state index >= 15 is 0 Å². The van der Waals surface area contributed by atoms with Crippen molar-refractivity contribution in [2.45, 2.75) is 66.2 Å². The molecule has 0 aliphatic heterocycles. The summed E-state index contributed by atoms with van der Waals surface area (Å²) < 4.78 is 0. The smallest absolute Gasteiger partial charge is 0.00232 e. The van der Waals surface area contributed by atoms with E-state index in [1.54, 1.807) is 0 Å². The molecule has 0 saturated carbocycles. The molecule has 0 radical (unpaired) electrons. The molecular weight excluding hydrogens is 326 g/mol. The van der Waals surface area contributed by atoms with Gasteiger partial charge in [0.1, 0.15) is 0 Å². The van der Waals surface area contributed by atoms with Crippen molar-refractivity contribution in [1.29, 1.82) is 0 Å². The fourth-order valence-electron chi connectivity index (χ4n) is 3.37. The van der Waals surface area contributed by atoms with Gasteiger partial charge in [-0.2, -0.15) is 0 Å². The number of hydrogen-bond donors (Lipinski definition) is 1. The zero-order valence-electron chi connectivity index (χ0n) is 18.1. The second-order valence-electron chi connectivity index (χ2n) is 7.68. The lowest BCUT2D eigenvalue weighted by molar-refractivity contribution is 0.368. The highest BCUT2D eigenvalue weighted by Crippen LogP contribution is 2.20. The van der Waals surface area contributed by atoms with Crippen molar-refractivity contribution >= 4 is 0 Å². The van der Waals surface area contributed by atoms with Crippen LogP contribution in [0.25, 0.3) is 11.1 Å². The summed E-state index contributed by atoms with van der Waals surface area (Å²) in [6.07, 6.45) is 8.21. The van der Waals surface area contributed by atoms with E-state index in [2.05, 4.69) is 81.5 Å². The van der Waals surface area contributed by atoms with Gasteiger partial charge in [0, 0.05) is 0 Å². The van der Waals surface area contributed by atoms with Gasteiger partial charge in [0.25, 0.3) is 0 Å². The molecule has 2 unspecified atom stereocenters. The Kier molecular flexibility index (Phi) is 13.4. The molecule has 2 rings (SSSR count). The highest BCUT2D eigenvalue weighted by atomic mass is 14.8. The van der Waals surface area contributed by atoms with E-state index in [1.807, 2.05) is 12.1 Å². The van der Waals surface area contributed by atoms with Crippen molar-refractivity contribution in [2.24, 2.45) is 11.8 Å². The third-order valence-corrected chi connectivity index (χ3v) is 5.14. The molecule has 27 heavy (non-hydrogen) atoms. The minimum atomic E-state index is 0.849. The fourth-order valence-corrected chi connectivity index (χ4v) is 3.37. The van der Waals surface area contributed by atoms with E-state index in [9.17, 15) is 0 Å². The largest absolute Gasteiger partial charge is 0.316 e. The summed E-state index contributed by atoms with van der Waals surface area (Å²) in [6, 6.07) is 20.8. The van der Waals surface area contributed by atoms with Crippen LogP contribution in [0, 0.1) is 11.8 Å². The number of rotatable bonds is 11. The maximum Gasteiger partial charge on any atom is -0.00232 e. The summed E-state index contributed by atoms with van der Waals surface area (Å²) in [7, 11) is 0. The quantitative estimate of drug-likeness (QED) is 0.403. The molecule has 1 N–H and O–H groups in total. The molecule has 0 bridgehead atoms. The van der Waals surface area contributed by atoms with Gasteiger partial charge in [0.2, 0.25) is 0 Å². The van der Waals surface area contributed by atoms with E-state index in [1.165, 1.54) is 62.7 Å². The molecule has 0 fully saturated rings. The number of benzene rings is 2. The Labute approximate surface area is 168 Å². The zero-order valence-corrected chi connectivity index (χ0v) is 18.1. The maximum atomic E-state index is 3.51. The summed E-state index contributed by atoms with van der Waals surface area (Å²) in [5.74, 6) is 1.83. The second-order valence-corrected chi connectivity index (χ2v) is 7.68. The molecule has 1 nitrogen and oxygen atoms in total. The van der Waals surface area contributed by atoms with Crippen molar-refractivity contribution in [3.63, 3.8) is 0 Å². The SMILES string of the molecule is CCCNCC(C)CCC(CC)CCC.c1ccc(-c2ccccc2)cc1. The lowest BCUT2D eigenvalue weighted by atomic mass is 9.91. The van der Waals surface area contributed by atoms with Crippen molar-refractivity contribution < 1.29 is 0 Å². The maximum absolute atomic E-state index is 3.51. The van der Waals surface area contributed by atoms with Crippen LogP contribution in [0.4, 0.5) is 0 Å². The fraction of sp³-hybridized carbons (Fsp3) is 0.538. The highest BCUT2D eigenvalue weighted by Gasteiger charge is 2.08. The summed E-state index contributed by atoms with van der Waals surface area (Å²) in [6.45, 7) is 11.6. The van der Waals surface area contributed by atoms with Gasteiger partial charge in [-0.25, -0.2) is 0 Å². The first kappa shape index (κ1) is 23.4. The molecular formula is C26H41N. The monoisotopic (exact) mass is 367 g/mol. The highest BCUT2D eigenvalue weighted by molar-refractivity contribution is 5.62. The normalized spacial score (nSPS) is 12.7. The lowest BCUT2D eigenvalue weighted by Crippen LogP contribution is -2.22. The van der Waals surface area contributed by atoms with Gasteiger partial charge in [-0.15, -0.1) is 0 Å². The van der Waals surface area contributed by atoms with Crippen LogP contribution < -0.4 is 5.32 Å². The summed E-state index contributed by atoms with van der Waals surface area (Å²) in [4.78, 5) is 0. The molecule has 0 heterocycles. The third kappa shape index (κ3) is 11.0. The third-order valence-electron chi connectivity index (χ3n) is 5.14. The minimum Gasteiger partial charge on any atom is -0.316 e. The number of nitrogens with one attached hydrogen (secondary N) is 1. The van der Waals surface area contributed by atoms with E-state index in [4.69, 9.17) is 0 Å². The van der Waals surface area contributed by atoms with Crippen LogP contribution in [0.15, 0.2) is 60.7 Å². The van der Waals surface area contributed by atoms with Gasteiger partial charge >= 0.3 is 0 Å². The molecule has 150 valence electrons. The van der Waals surface area contributed by atoms with Crippen LogP contribution in [0.2, 0.25) is 0 Å². The molecule has 1 heteroatoms. The topological polar surface area (TPSA) is 12.0 Å². The first-order chi connectivity index (χ1) is 13.2. The van der Waals surface area contributed by atoms with Gasteiger partial charge in [-0.3, -0.25) is 0 Å². The Morgan fingerprint density at radius 2 is 1.26 bits per heavy atom. The second kappa shape index (κ2) is 15.5. The Morgan fingerprint density at radius 1 is 0.704 bits per heavy atom. The van der Waals surface area contributed by atoms with Crippen molar-refractivity contribution in [1.82, 2.24) is 5.32 Å². The van der Waals surface area contributed by atoms with Crippen LogP contribution in [-0.4, -0.2) is 13.1 Å². The predicted molar refractivity (Wildman–Crippen MR) is 122 cm³/mol. The zero-order chi connectivity index (χ0) is 19.7. The lowest BCUT2D eigenvalue weighted by Gasteiger charge is -2.17. The molecule has 0 amide bonds. The van der Waals surface area contributed by atoms with Gasteiger partial charge in [0.05, 0.1) is 0 Å².